The molecule has 0 aliphatic heterocycles. The number of methoxy groups -OCH3 is 1. The Hall–Kier alpha value is -0.610. The van der Waals surface area contributed by atoms with E-state index in [1.54, 1.807) is 0 Å². The third kappa shape index (κ3) is 6.47. The molecule has 0 saturated carbocycles. The first-order chi connectivity index (χ1) is 7.01. The Bertz CT molecular complexity index is 183. The van der Waals surface area contributed by atoms with Crippen molar-refractivity contribution in [3.05, 3.63) is 0 Å². The van der Waals surface area contributed by atoms with Crippen molar-refractivity contribution in [2.75, 3.05) is 27.2 Å². The Balaban J connectivity index is 4.17. The fourth-order valence-electron chi connectivity index (χ4n) is 1.52. The predicted molar refractivity (Wildman–Crippen MR) is 61.9 cm³/mol. The van der Waals surface area contributed by atoms with Crippen LogP contribution in [0.5, 0.6) is 0 Å². The Labute approximate surface area is 93.0 Å². The van der Waals surface area contributed by atoms with Crippen molar-refractivity contribution in [1.29, 1.82) is 0 Å². The van der Waals surface area contributed by atoms with Crippen molar-refractivity contribution in [1.82, 2.24) is 10.2 Å². The first-order valence-corrected chi connectivity index (χ1v) is 5.53. The van der Waals surface area contributed by atoms with E-state index in [1.165, 1.54) is 7.11 Å². The van der Waals surface area contributed by atoms with Gasteiger partial charge in [0.2, 0.25) is 0 Å². The first kappa shape index (κ1) is 14.4. The van der Waals surface area contributed by atoms with Crippen molar-refractivity contribution in [2.24, 2.45) is 0 Å². The molecule has 0 aromatic heterocycles. The van der Waals surface area contributed by atoms with Crippen molar-refractivity contribution >= 4 is 5.97 Å². The minimum absolute atomic E-state index is 0.188. The van der Waals surface area contributed by atoms with Crippen LogP contribution in [0.4, 0.5) is 0 Å². The van der Waals surface area contributed by atoms with E-state index in [-0.39, 0.29) is 18.1 Å². The standard InChI is InChI=1S/C11H24N2O2/c1-6-7-13(4)8-10(11(14)15-5)12-9(2)3/h9-10,12H,6-8H2,1-5H3. The summed E-state index contributed by atoms with van der Waals surface area (Å²) in [6, 6.07) is 0.0516. The van der Waals surface area contributed by atoms with Crippen molar-refractivity contribution in [3.63, 3.8) is 0 Å². The number of carbonyl (C=O) groups is 1. The minimum Gasteiger partial charge on any atom is -0.468 e. The zero-order valence-corrected chi connectivity index (χ0v) is 10.5. The lowest BCUT2D eigenvalue weighted by atomic mass is 10.2. The van der Waals surface area contributed by atoms with E-state index in [0.29, 0.717) is 6.54 Å². The maximum Gasteiger partial charge on any atom is 0.324 e. The molecule has 0 aromatic carbocycles. The summed E-state index contributed by atoms with van der Waals surface area (Å²) < 4.78 is 4.76. The Kier molecular flexibility index (Phi) is 7.34. The van der Waals surface area contributed by atoms with E-state index in [1.807, 2.05) is 20.9 Å². The van der Waals surface area contributed by atoms with Crippen molar-refractivity contribution in [3.8, 4) is 0 Å². The van der Waals surface area contributed by atoms with Crippen LogP contribution in [0.3, 0.4) is 0 Å². The normalized spacial score (nSPS) is 13.3. The second kappa shape index (κ2) is 7.65. The number of esters is 1. The van der Waals surface area contributed by atoms with Crippen LogP contribution in [0.2, 0.25) is 0 Å². The largest absolute Gasteiger partial charge is 0.468 e. The van der Waals surface area contributed by atoms with Crippen LogP contribution < -0.4 is 5.32 Å². The Morgan fingerprint density at radius 1 is 1.47 bits per heavy atom. The molecule has 1 unspecified atom stereocenters. The lowest BCUT2D eigenvalue weighted by Crippen LogP contribution is -2.48. The molecule has 0 aromatic rings. The van der Waals surface area contributed by atoms with Gasteiger partial charge in [-0.1, -0.05) is 20.8 Å². The van der Waals surface area contributed by atoms with Gasteiger partial charge in [0.15, 0.2) is 0 Å². The van der Waals surface area contributed by atoms with Crippen LogP contribution in [-0.2, 0) is 9.53 Å². The lowest BCUT2D eigenvalue weighted by Gasteiger charge is -2.24. The van der Waals surface area contributed by atoms with Crippen LogP contribution in [0.25, 0.3) is 0 Å². The molecule has 4 heteroatoms. The third-order valence-electron chi connectivity index (χ3n) is 2.12. The van der Waals surface area contributed by atoms with E-state index < -0.39 is 0 Å². The van der Waals surface area contributed by atoms with Crippen LogP contribution in [0, 0.1) is 0 Å². The van der Waals surface area contributed by atoms with Crippen molar-refractivity contribution < 1.29 is 9.53 Å². The molecular weight excluding hydrogens is 192 g/mol. The molecule has 1 atom stereocenters. The quantitative estimate of drug-likeness (QED) is 0.641. The summed E-state index contributed by atoms with van der Waals surface area (Å²) in [7, 11) is 3.44. The molecule has 0 heterocycles. The number of likely N-dealkylation sites (N-methyl/N-ethyl adjacent to an activating group) is 1. The monoisotopic (exact) mass is 216 g/mol. The molecule has 4 nitrogen and oxygen atoms in total. The molecule has 0 radical (unpaired) electrons. The fourth-order valence-corrected chi connectivity index (χ4v) is 1.52. The van der Waals surface area contributed by atoms with Gasteiger partial charge in [0.05, 0.1) is 7.11 Å². The molecule has 0 amide bonds. The highest BCUT2D eigenvalue weighted by atomic mass is 16.5. The highest BCUT2D eigenvalue weighted by Gasteiger charge is 2.20. The number of nitrogens with zero attached hydrogens (tertiary/aromatic N) is 1. The molecule has 0 aliphatic carbocycles. The molecule has 0 bridgehead atoms. The zero-order valence-electron chi connectivity index (χ0n) is 10.5. The van der Waals surface area contributed by atoms with Gasteiger partial charge in [0.1, 0.15) is 6.04 Å². The van der Waals surface area contributed by atoms with Gasteiger partial charge in [-0.15, -0.1) is 0 Å². The summed E-state index contributed by atoms with van der Waals surface area (Å²) in [5.74, 6) is -0.188. The Morgan fingerprint density at radius 3 is 2.47 bits per heavy atom. The zero-order chi connectivity index (χ0) is 11.8. The summed E-state index contributed by atoms with van der Waals surface area (Å²) in [4.78, 5) is 13.6. The number of rotatable bonds is 7. The van der Waals surface area contributed by atoms with Gasteiger partial charge < -0.3 is 15.0 Å². The Morgan fingerprint density at radius 2 is 2.07 bits per heavy atom. The van der Waals surface area contributed by atoms with Gasteiger partial charge in [-0.3, -0.25) is 4.79 Å². The van der Waals surface area contributed by atoms with Gasteiger partial charge in [0.25, 0.3) is 0 Å². The average molecular weight is 216 g/mol. The summed E-state index contributed by atoms with van der Waals surface area (Å²) in [5, 5.41) is 3.20. The predicted octanol–water partition coefficient (Wildman–Crippen LogP) is 0.868. The molecule has 0 aliphatic rings. The summed E-state index contributed by atoms with van der Waals surface area (Å²) in [6.07, 6.45) is 1.09. The molecule has 15 heavy (non-hydrogen) atoms. The second-order valence-electron chi connectivity index (χ2n) is 4.16. The molecule has 0 fully saturated rings. The highest BCUT2D eigenvalue weighted by Crippen LogP contribution is 1.96. The van der Waals surface area contributed by atoms with E-state index in [9.17, 15) is 4.79 Å². The van der Waals surface area contributed by atoms with Gasteiger partial charge in [0, 0.05) is 12.6 Å². The van der Waals surface area contributed by atoms with E-state index in [0.717, 1.165) is 13.0 Å². The molecule has 1 N–H and O–H groups in total. The maximum absolute atomic E-state index is 11.5. The van der Waals surface area contributed by atoms with E-state index in [4.69, 9.17) is 4.74 Å². The lowest BCUT2D eigenvalue weighted by molar-refractivity contribution is -0.143. The van der Waals surface area contributed by atoms with Gasteiger partial charge in [-0.05, 0) is 20.0 Å². The number of hydrogen-bond acceptors (Lipinski definition) is 4. The highest BCUT2D eigenvalue weighted by molar-refractivity contribution is 5.75. The van der Waals surface area contributed by atoms with Crippen LogP contribution in [0.1, 0.15) is 27.2 Å². The van der Waals surface area contributed by atoms with E-state index in [2.05, 4.69) is 17.1 Å². The topological polar surface area (TPSA) is 41.6 Å². The maximum atomic E-state index is 11.5. The van der Waals surface area contributed by atoms with Gasteiger partial charge >= 0.3 is 5.97 Å². The van der Waals surface area contributed by atoms with Crippen molar-refractivity contribution in [2.45, 2.75) is 39.3 Å². The van der Waals surface area contributed by atoms with Gasteiger partial charge in [-0.2, -0.15) is 0 Å². The molecular formula is C11H24N2O2. The number of hydrogen-bond donors (Lipinski definition) is 1. The first-order valence-electron chi connectivity index (χ1n) is 5.53. The number of ether oxygens (including phenoxy) is 1. The fraction of sp³-hybridized carbons (Fsp3) is 0.909. The van der Waals surface area contributed by atoms with Crippen LogP contribution in [-0.4, -0.2) is 50.2 Å². The van der Waals surface area contributed by atoms with Gasteiger partial charge in [-0.25, -0.2) is 0 Å². The summed E-state index contributed by atoms with van der Waals surface area (Å²) in [5.41, 5.74) is 0. The second-order valence-corrected chi connectivity index (χ2v) is 4.16. The molecule has 0 spiro atoms. The molecule has 90 valence electrons. The number of carbonyl (C=O) groups excluding carboxylic acids is 1. The van der Waals surface area contributed by atoms with Crippen LogP contribution in [0.15, 0.2) is 0 Å². The smallest absolute Gasteiger partial charge is 0.324 e. The van der Waals surface area contributed by atoms with E-state index >= 15 is 0 Å². The number of nitrogens with one attached hydrogen (secondary N) is 1. The molecule has 0 rings (SSSR count). The molecule has 0 saturated heterocycles. The summed E-state index contributed by atoms with van der Waals surface area (Å²) >= 11 is 0. The minimum atomic E-state index is -0.230. The third-order valence-corrected chi connectivity index (χ3v) is 2.12. The SMILES string of the molecule is CCCN(C)CC(NC(C)C)C(=O)OC. The van der Waals surface area contributed by atoms with Crippen LogP contribution >= 0.6 is 0 Å². The summed E-state index contributed by atoms with van der Waals surface area (Å²) in [6.45, 7) is 7.86. The average Bonchev–Trinajstić information content (AvgIpc) is 2.15.